The Balaban J connectivity index is 3.05. The monoisotopic (exact) mass is 390 g/mol. The van der Waals surface area contributed by atoms with Gasteiger partial charge in [0.2, 0.25) is 0 Å². The highest BCUT2D eigenvalue weighted by Crippen LogP contribution is 2.37. The van der Waals surface area contributed by atoms with E-state index in [0.29, 0.717) is 5.92 Å². The van der Waals surface area contributed by atoms with Crippen LogP contribution in [-0.4, -0.2) is 17.8 Å². The van der Waals surface area contributed by atoms with Crippen molar-refractivity contribution in [2.24, 2.45) is 11.3 Å². The van der Waals surface area contributed by atoms with Crippen LogP contribution in [-0.2, 0) is 6.42 Å². The molecule has 0 saturated heterocycles. The first-order valence-corrected chi connectivity index (χ1v) is 8.96. The van der Waals surface area contributed by atoms with Crippen molar-refractivity contribution in [1.82, 2.24) is 0 Å². The van der Waals surface area contributed by atoms with Gasteiger partial charge in [0, 0.05) is 10.7 Å². The fourth-order valence-corrected chi connectivity index (χ4v) is 4.41. The lowest BCUT2D eigenvalue weighted by atomic mass is 9.78. The van der Waals surface area contributed by atoms with Gasteiger partial charge in [0.15, 0.2) is 0 Å². The Morgan fingerprint density at radius 3 is 2.32 bits per heavy atom. The van der Waals surface area contributed by atoms with Crippen LogP contribution in [0.5, 0.6) is 5.75 Å². The Bertz CT molecular complexity index is 398. The fourth-order valence-electron chi connectivity index (χ4n) is 2.63. The number of aryl methyl sites for hydroxylation is 1. The molecule has 0 heterocycles. The van der Waals surface area contributed by atoms with Crippen LogP contribution in [0.2, 0.25) is 0 Å². The fraction of sp³-hybridized carbons (Fsp3) is 0.625. The Hall–Kier alpha value is -0.0200. The van der Waals surface area contributed by atoms with Crippen molar-refractivity contribution in [2.75, 3.05) is 17.8 Å². The molecule has 0 aliphatic heterocycles. The molecule has 0 spiro atoms. The number of hydrogen-bond acceptors (Lipinski definition) is 1. The maximum atomic E-state index is 5.51. The molecule has 0 aliphatic carbocycles. The number of methoxy groups -OCH3 is 1. The number of alkyl halides is 2. The van der Waals surface area contributed by atoms with E-state index < -0.39 is 0 Å². The largest absolute Gasteiger partial charge is 0.496 e. The molecule has 0 N–H and O–H groups in total. The van der Waals surface area contributed by atoms with E-state index in [0.717, 1.165) is 22.8 Å². The summed E-state index contributed by atoms with van der Waals surface area (Å²) in [5.74, 6) is 1.69. The summed E-state index contributed by atoms with van der Waals surface area (Å²) < 4.78 is 5.51. The summed E-state index contributed by atoms with van der Waals surface area (Å²) >= 11 is 7.43. The van der Waals surface area contributed by atoms with Gasteiger partial charge in [-0.2, -0.15) is 0 Å². The maximum Gasteiger partial charge on any atom is 0.122 e. The molecule has 0 saturated carbocycles. The van der Waals surface area contributed by atoms with Gasteiger partial charge in [-0.15, -0.1) is 0 Å². The summed E-state index contributed by atoms with van der Waals surface area (Å²) in [7, 11) is 1.75. The summed E-state index contributed by atoms with van der Waals surface area (Å²) in [5.41, 5.74) is 2.84. The van der Waals surface area contributed by atoms with Crippen molar-refractivity contribution in [3.05, 3.63) is 29.3 Å². The molecule has 1 nitrogen and oxygen atoms in total. The predicted octanol–water partition coefficient (Wildman–Crippen LogP) is 5.37. The molecule has 108 valence electrons. The second kappa shape index (κ2) is 7.68. The number of halogens is 2. The third-order valence-electron chi connectivity index (χ3n) is 3.41. The van der Waals surface area contributed by atoms with Gasteiger partial charge in [-0.3, -0.25) is 0 Å². The summed E-state index contributed by atoms with van der Waals surface area (Å²) in [5, 5.41) is 2.00. The Labute approximate surface area is 134 Å². The van der Waals surface area contributed by atoms with Crippen LogP contribution in [0.15, 0.2) is 18.2 Å². The van der Waals surface area contributed by atoms with Crippen LogP contribution >= 0.6 is 31.9 Å². The van der Waals surface area contributed by atoms with E-state index in [1.54, 1.807) is 7.11 Å². The quantitative estimate of drug-likeness (QED) is 0.567. The van der Waals surface area contributed by atoms with Crippen molar-refractivity contribution in [2.45, 2.75) is 33.6 Å². The minimum absolute atomic E-state index is 0.245. The van der Waals surface area contributed by atoms with E-state index in [9.17, 15) is 0 Å². The molecular formula is C16H24Br2O. The minimum Gasteiger partial charge on any atom is -0.496 e. The number of hydrogen-bond donors (Lipinski definition) is 0. The van der Waals surface area contributed by atoms with Crippen LogP contribution in [0.4, 0.5) is 0 Å². The minimum atomic E-state index is 0.245. The first-order valence-electron chi connectivity index (χ1n) is 6.72. The molecule has 0 atom stereocenters. The normalized spacial score (nSPS) is 11.9. The average Bonchev–Trinajstić information content (AvgIpc) is 2.37. The third kappa shape index (κ3) is 4.78. The van der Waals surface area contributed by atoms with Crippen LogP contribution in [0, 0.1) is 18.3 Å². The SMILES string of the molecule is COc1ccc(C)cc1CC(CBr)(CBr)CC(C)C. The molecule has 1 rings (SSSR count). The molecule has 1 aromatic carbocycles. The van der Waals surface area contributed by atoms with Crippen LogP contribution in [0.3, 0.4) is 0 Å². The van der Waals surface area contributed by atoms with Gasteiger partial charge in [0.25, 0.3) is 0 Å². The smallest absolute Gasteiger partial charge is 0.122 e. The van der Waals surface area contributed by atoms with E-state index in [1.165, 1.54) is 17.5 Å². The first-order chi connectivity index (χ1) is 8.96. The molecular weight excluding hydrogens is 368 g/mol. The maximum absolute atomic E-state index is 5.51. The Kier molecular flexibility index (Phi) is 6.89. The zero-order chi connectivity index (χ0) is 14.5. The molecule has 0 fully saturated rings. The van der Waals surface area contributed by atoms with Crippen molar-refractivity contribution in [1.29, 1.82) is 0 Å². The van der Waals surface area contributed by atoms with Crippen LogP contribution < -0.4 is 4.74 Å². The first kappa shape index (κ1) is 17.0. The van der Waals surface area contributed by atoms with Gasteiger partial charge >= 0.3 is 0 Å². The number of ether oxygens (including phenoxy) is 1. The molecule has 1 aromatic rings. The summed E-state index contributed by atoms with van der Waals surface area (Å²) in [4.78, 5) is 0. The van der Waals surface area contributed by atoms with Gasteiger partial charge in [0.1, 0.15) is 5.75 Å². The lowest BCUT2D eigenvalue weighted by molar-refractivity contribution is 0.299. The molecule has 0 radical (unpaired) electrons. The second-order valence-electron chi connectivity index (χ2n) is 5.86. The van der Waals surface area contributed by atoms with E-state index >= 15 is 0 Å². The molecule has 19 heavy (non-hydrogen) atoms. The van der Waals surface area contributed by atoms with Gasteiger partial charge in [-0.05, 0) is 42.7 Å². The lowest BCUT2D eigenvalue weighted by Gasteiger charge is -2.32. The van der Waals surface area contributed by atoms with Gasteiger partial charge in [-0.1, -0.05) is 63.4 Å². The molecule has 0 aliphatic rings. The van der Waals surface area contributed by atoms with E-state index in [2.05, 4.69) is 70.8 Å². The highest BCUT2D eigenvalue weighted by Gasteiger charge is 2.30. The van der Waals surface area contributed by atoms with E-state index in [-0.39, 0.29) is 5.41 Å². The van der Waals surface area contributed by atoms with Gasteiger partial charge < -0.3 is 4.74 Å². The summed E-state index contributed by atoms with van der Waals surface area (Å²) in [6.45, 7) is 6.70. The van der Waals surface area contributed by atoms with Crippen molar-refractivity contribution < 1.29 is 4.74 Å². The summed E-state index contributed by atoms with van der Waals surface area (Å²) in [6, 6.07) is 6.43. The highest BCUT2D eigenvalue weighted by atomic mass is 79.9. The van der Waals surface area contributed by atoms with Crippen molar-refractivity contribution >= 4 is 31.9 Å². The molecule has 0 amide bonds. The van der Waals surface area contributed by atoms with Crippen molar-refractivity contribution in [3.8, 4) is 5.75 Å². The Morgan fingerprint density at radius 2 is 1.84 bits per heavy atom. The zero-order valence-electron chi connectivity index (χ0n) is 12.3. The highest BCUT2D eigenvalue weighted by molar-refractivity contribution is 9.09. The topological polar surface area (TPSA) is 9.23 Å². The average molecular weight is 392 g/mol. The zero-order valence-corrected chi connectivity index (χ0v) is 15.5. The second-order valence-corrected chi connectivity index (χ2v) is 6.98. The lowest BCUT2D eigenvalue weighted by Crippen LogP contribution is -2.29. The third-order valence-corrected chi connectivity index (χ3v) is 5.79. The van der Waals surface area contributed by atoms with Crippen LogP contribution in [0.1, 0.15) is 31.4 Å². The van der Waals surface area contributed by atoms with E-state index in [1.807, 2.05) is 0 Å². The standard InChI is InChI=1S/C16H24Br2O/c1-12(2)8-16(10-17,11-18)9-14-7-13(3)5-6-15(14)19-4/h5-7,12H,8-11H2,1-4H3. The van der Waals surface area contributed by atoms with Crippen molar-refractivity contribution in [3.63, 3.8) is 0 Å². The molecule has 0 aromatic heterocycles. The van der Waals surface area contributed by atoms with Crippen LogP contribution in [0.25, 0.3) is 0 Å². The van der Waals surface area contributed by atoms with E-state index in [4.69, 9.17) is 4.74 Å². The molecule has 3 heteroatoms. The summed E-state index contributed by atoms with van der Waals surface area (Å²) in [6.07, 6.45) is 2.23. The van der Waals surface area contributed by atoms with Gasteiger partial charge in [0.05, 0.1) is 7.11 Å². The molecule has 0 unspecified atom stereocenters. The number of benzene rings is 1. The van der Waals surface area contributed by atoms with Gasteiger partial charge in [-0.25, -0.2) is 0 Å². The Morgan fingerprint density at radius 1 is 1.21 bits per heavy atom. The predicted molar refractivity (Wildman–Crippen MR) is 90.9 cm³/mol. The number of rotatable bonds is 7. The molecule has 0 bridgehead atoms.